The van der Waals surface area contributed by atoms with Gasteiger partial charge in [-0.05, 0) is 17.7 Å². The van der Waals surface area contributed by atoms with Crippen LogP contribution in [0.25, 0.3) is 0 Å². The smallest absolute Gasteiger partial charge is 0.311 e. The van der Waals surface area contributed by atoms with E-state index in [1.807, 2.05) is 24.3 Å². The number of carboxylic acid groups (broad SMARTS) is 1. The van der Waals surface area contributed by atoms with E-state index in [9.17, 15) is 14.7 Å². The molecular weight excluding hydrogens is 254 g/mol. The highest BCUT2D eigenvalue weighted by Gasteiger charge is 2.22. The first kappa shape index (κ1) is 13.8. The fourth-order valence-corrected chi connectivity index (χ4v) is 1.95. The van der Waals surface area contributed by atoms with Crippen LogP contribution in [0.15, 0.2) is 60.7 Å². The lowest BCUT2D eigenvalue weighted by Gasteiger charge is -2.12. The molecule has 4 nitrogen and oxygen atoms in total. The Hall–Kier alpha value is -2.62. The number of carbonyl (C=O) groups is 2. The number of rotatable bonds is 5. The highest BCUT2D eigenvalue weighted by Crippen LogP contribution is 2.20. The van der Waals surface area contributed by atoms with Crippen molar-refractivity contribution in [1.82, 2.24) is 0 Å². The number of aliphatic carboxylic acids is 1. The van der Waals surface area contributed by atoms with Crippen LogP contribution in [0.2, 0.25) is 0 Å². The van der Waals surface area contributed by atoms with E-state index in [1.165, 1.54) is 0 Å². The summed E-state index contributed by atoms with van der Waals surface area (Å²) in [5.74, 6) is -2.15. The predicted octanol–water partition coefficient (Wildman–Crippen LogP) is 2.88. The summed E-state index contributed by atoms with van der Waals surface area (Å²) < 4.78 is 0. The molecule has 2 rings (SSSR count). The topological polar surface area (TPSA) is 66.4 Å². The maximum Gasteiger partial charge on any atom is 0.311 e. The molecule has 2 aromatic carbocycles. The van der Waals surface area contributed by atoms with Gasteiger partial charge in [0.2, 0.25) is 5.91 Å². The lowest BCUT2D eigenvalue weighted by atomic mass is 9.95. The van der Waals surface area contributed by atoms with Gasteiger partial charge in [-0.1, -0.05) is 48.5 Å². The lowest BCUT2D eigenvalue weighted by molar-refractivity contribution is -0.140. The number of carboxylic acids is 1. The van der Waals surface area contributed by atoms with Gasteiger partial charge in [-0.25, -0.2) is 0 Å². The van der Waals surface area contributed by atoms with Crippen LogP contribution < -0.4 is 5.32 Å². The van der Waals surface area contributed by atoms with Gasteiger partial charge in [0, 0.05) is 12.1 Å². The van der Waals surface area contributed by atoms with Crippen molar-refractivity contribution in [3.8, 4) is 0 Å². The minimum Gasteiger partial charge on any atom is -0.481 e. The molecule has 2 N–H and O–H groups in total. The zero-order valence-electron chi connectivity index (χ0n) is 10.8. The van der Waals surface area contributed by atoms with Crippen molar-refractivity contribution in [1.29, 1.82) is 0 Å². The molecule has 0 radical (unpaired) electrons. The summed E-state index contributed by atoms with van der Waals surface area (Å²) >= 11 is 0. The van der Waals surface area contributed by atoms with Crippen LogP contribution in [0.3, 0.4) is 0 Å². The molecule has 0 aromatic heterocycles. The number of hydrogen-bond donors (Lipinski definition) is 2. The van der Waals surface area contributed by atoms with Crippen LogP contribution in [0.1, 0.15) is 17.9 Å². The van der Waals surface area contributed by atoms with Crippen molar-refractivity contribution in [2.24, 2.45) is 0 Å². The first-order valence-corrected chi connectivity index (χ1v) is 6.29. The summed E-state index contributed by atoms with van der Waals surface area (Å²) in [4.78, 5) is 23.2. The summed E-state index contributed by atoms with van der Waals surface area (Å²) in [6.45, 7) is 0. The van der Waals surface area contributed by atoms with Gasteiger partial charge in [0.15, 0.2) is 0 Å². The molecule has 0 bridgehead atoms. The van der Waals surface area contributed by atoms with Crippen molar-refractivity contribution in [2.75, 3.05) is 5.32 Å². The van der Waals surface area contributed by atoms with Crippen molar-refractivity contribution in [3.63, 3.8) is 0 Å². The molecule has 2 aromatic rings. The van der Waals surface area contributed by atoms with E-state index in [2.05, 4.69) is 5.32 Å². The van der Waals surface area contributed by atoms with Gasteiger partial charge >= 0.3 is 5.97 Å². The zero-order valence-corrected chi connectivity index (χ0v) is 10.8. The molecule has 0 aliphatic rings. The van der Waals surface area contributed by atoms with Crippen LogP contribution in [0.5, 0.6) is 0 Å². The van der Waals surface area contributed by atoms with E-state index in [0.29, 0.717) is 11.3 Å². The standard InChI is InChI=1S/C16H15NO3/c18-15(17-13-9-5-2-6-10-13)11-14(16(19)20)12-7-3-1-4-8-12/h1-10,14H,11H2,(H,17,18)(H,19,20)/t14-/m1/s1. The monoisotopic (exact) mass is 269 g/mol. The number of para-hydroxylation sites is 1. The maximum atomic E-state index is 11.9. The summed E-state index contributed by atoms with van der Waals surface area (Å²) in [5, 5.41) is 12.0. The number of nitrogens with one attached hydrogen (secondary N) is 1. The molecule has 0 spiro atoms. The molecule has 0 aliphatic carbocycles. The van der Waals surface area contributed by atoms with Crippen LogP contribution in [-0.4, -0.2) is 17.0 Å². The zero-order chi connectivity index (χ0) is 14.4. The molecule has 0 saturated heterocycles. The van der Waals surface area contributed by atoms with E-state index in [1.54, 1.807) is 36.4 Å². The second-order valence-electron chi connectivity index (χ2n) is 4.42. The number of carbonyl (C=O) groups excluding carboxylic acids is 1. The van der Waals surface area contributed by atoms with Crippen molar-refractivity contribution >= 4 is 17.6 Å². The summed E-state index contributed by atoms with van der Waals surface area (Å²) in [5.41, 5.74) is 1.29. The average Bonchev–Trinajstić information content (AvgIpc) is 2.46. The second-order valence-corrected chi connectivity index (χ2v) is 4.42. The fourth-order valence-electron chi connectivity index (χ4n) is 1.95. The highest BCUT2D eigenvalue weighted by molar-refractivity contribution is 5.94. The second kappa shape index (κ2) is 6.52. The van der Waals surface area contributed by atoms with Gasteiger partial charge < -0.3 is 10.4 Å². The number of amides is 1. The third kappa shape index (κ3) is 3.68. The van der Waals surface area contributed by atoms with E-state index in [0.717, 1.165) is 0 Å². The van der Waals surface area contributed by atoms with Crippen LogP contribution in [0.4, 0.5) is 5.69 Å². The molecule has 0 heterocycles. The van der Waals surface area contributed by atoms with Crippen molar-refractivity contribution in [3.05, 3.63) is 66.2 Å². The first-order valence-electron chi connectivity index (χ1n) is 6.29. The Morgan fingerprint density at radius 3 is 2.05 bits per heavy atom. The molecule has 4 heteroatoms. The number of anilines is 1. The van der Waals surface area contributed by atoms with Crippen molar-refractivity contribution < 1.29 is 14.7 Å². The Balaban J connectivity index is 2.06. The number of hydrogen-bond acceptors (Lipinski definition) is 2. The Kier molecular flexibility index (Phi) is 4.50. The highest BCUT2D eigenvalue weighted by atomic mass is 16.4. The Labute approximate surface area is 117 Å². The summed E-state index contributed by atoms with van der Waals surface area (Å²) in [7, 11) is 0. The third-order valence-electron chi connectivity index (χ3n) is 2.95. The summed E-state index contributed by atoms with van der Waals surface area (Å²) in [6, 6.07) is 17.8. The third-order valence-corrected chi connectivity index (χ3v) is 2.95. The van der Waals surface area contributed by atoms with E-state index in [4.69, 9.17) is 0 Å². The van der Waals surface area contributed by atoms with Gasteiger partial charge in [-0.2, -0.15) is 0 Å². The molecule has 20 heavy (non-hydrogen) atoms. The quantitative estimate of drug-likeness (QED) is 0.877. The van der Waals surface area contributed by atoms with Crippen LogP contribution >= 0.6 is 0 Å². The maximum absolute atomic E-state index is 11.9. The fraction of sp³-hybridized carbons (Fsp3) is 0.125. The summed E-state index contributed by atoms with van der Waals surface area (Å²) in [6.07, 6.45) is -0.0890. The molecule has 0 aliphatic heterocycles. The predicted molar refractivity (Wildman–Crippen MR) is 76.5 cm³/mol. The van der Waals surface area contributed by atoms with Gasteiger partial charge in [0.25, 0.3) is 0 Å². The minimum absolute atomic E-state index is 0.0890. The van der Waals surface area contributed by atoms with Crippen LogP contribution in [0, 0.1) is 0 Å². The molecule has 1 amide bonds. The van der Waals surface area contributed by atoms with E-state index in [-0.39, 0.29) is 12.3 Å². The van der Waals surface area contributed by atoms with Crippen molar-refractivity contribution in [2.45, 2.75) is 12.3 Å². The normalized spacial score (nSPS) is 11.6. The van der Waals surface area contributed by atoms with E-state index >= 15 is 0 Å². The molecule has 0 unspecified atom stereocenters. The minimum atomic E-state index is -1.00. The number of benzene rings is 2. The first-order chi connectivity index (χ1) is 9.66. The average molecular weight is 269 g/mol. The molecule has 1 atom stereocenters. The van der Waals surface area contributed by atoms with Gasteiger partial charge in [-0.15, -0.1) is 0 Å². The Morgan fingerprint density at radius 2 is 1.50 bits per heavy atom. The van der Waals surface area contributed by atoms with Gasteiger partial charge in [0.1, 0.15) is 0 Å². The SMILES string of the molecule is O=C(C[C@@H](C(=O)O)c1ccccc1)Nc1ccccc1. The van der Waals surface area contributed by atoms with Gasteiger partial charge in [0.05, 0.1) is 5.92 Å². The lowest BCUT2D eigenvalue weighted by Crippen LogP contribution is -2.20. The molecule has 102 valence electrons. The molecule has 0 fully saturated rings. The molecule has 0 saturated carbocycles. The Morgan fingerprint density at radius 1 is 0.950 bits per heavy atom. The van der Waals surface area contributed by atoms with Crippen LogP contribution in [-0.2, 0) is 9.59 Å². The Bertz CT molecular complexity index is 581. The molecular formula is C16H15NO3. The van der Waals surface area contributed by atoms with E-state index < -0.39 is 11.9 Å². The largest absolute Gasteiger partial charge is 0.481 e. The van der Waals surface area contributed by atoms with Gasteiger partial charge in [-0.3, -0.25) is 9.59 Å².